The average Bonchev–Trinajstić information content (AvgIpc) is 2.45. The van der Waals surface area contributed by atoms with Crippen molar-refractivity contribution in [3.63, 3.8) is 0 Å². The fourth-order valence-electron chi connectivity index (χ4n) is 2.74. The molecule has 1 saturated heterocycles. The van der Waals surface area contributed by atoms with Crippen LogP contribution in [0.4, 0.5) is 17.5 Å². The molecule has 128 valence electrons. The van der Waals surface area contributed by atoms with Crippen molar-refractivity contribution in [2.24, 2.45) is 0 Å². The number of unbranched alkanes of at least 4 members (excludes halogenated alkanes) is 1. The van der Waals surface area contributed by atoms with Gasteiger partial charge in [-0.3, -0.25) is 15.0 Å². The summed E-state index contributed by atoms with van der Waals surface area (Å²) in [5, 5.41) is 13.7. The number of ether oxygens (including phenoxy) is 1. The highest BCUT2D eigenvalue weighted by Crippen LogP contribution is 2.18. The second-order valence-corrected chi connectivity index (χ2v) is 5.87. The van der Waals surface area contributed by atoms with Gasteiger partial charge in [0, 0.05) is 19.6 Å². The molecule has 0 amide bonds. The van der Waals surface area contributed by atoms with E-state index in [9.17, 15) is 10.1 Å². The Morgan fingerprint density at radius 3 is 2.74 bits per heavy atom. The van der Waals surface area contributed by atoms with Gasteiger partial charge in [0.25, 0.3) is 0 Å². The van der Waals surface area contributed by atoms with Crippen LogP contribution in [0.15, 0.2) is 6.20 Å². The molecular weight excluding hydrogens is 300 g/mol. The second kappa shape index (κ2) is 8.02. The molecule has 1 fully saturated rings. The zero-order valence-corrected chi connectivity index (χ0v) is 13.6. The molecule has 9 heteroatoms. The second-order valence-electron chi connectivity index (χ2n) is 5.87. The number of rotatable bonds is 7. The van der Waals surface area contributed by atoms with Crippen molar-refractivity contribution >= 4 is 17.5 Å². The van der Waals surface area contributed by atoms with Crippen LogP contribution in [0.2, 0.25) is 0 Å². The van der Waals surface area contributed by atoms with Gasteiger partial charge in [0.1, 0.15) is 6.20 Å². The highest BCUT2D eigenvalue weighted by molar-refractivity contribution is 5.53. The maximum atomic E-state index is 10.6. The van der Waals surface area contributed by atoms with Gasteiger partial charge >= 0.3 is 5.69 Å². The number of morpholine rings is 1. The van der Waals surface area contributed by atoms with Crippen LogP contribution in [0.5, 0.6) is 0 Å². The summed E-state index contributed by atoms with van der Waals surface area (Å²) in [7, 11) is 0. The maximum Gasteiger partial charge on any atom is 0.329 e. The first kappa shape index (κ1) is 17.4. The van der Waals surface area contributed by atoms with Crippen molar-refractivity contribution in [3.8, 4) is 0 Å². The molecule has 0 spiro atoms. The number of hydrogen-bond donors (Lipinski definition) is 2. The molecule has 2 unspecified atom stereocenters. The highest BCUT2D eigenvalue weighted by atomic mass is 16.6. The number of hydrogen-bond acceptors (Lipinski definition) is 8. The lowest BCUT2D eigenvalue weighted by molar-refractivity contribution is -0.384. The quantitative estimate of drug-likeness (QED) is 0.437. The fraction of sp³-hybridized carbons (Fsp3) is 0.714. The minimum atomic E-state index is -0.594. The van der Waals surface area contributed by atoms with Gasteiger partial charge in [-0.05, 0) is 33.2 Å². The summed E-state index contributed by atoms with van der Waals surface area (Å²) >= 11 is 0. The van der Waals surface area contributed by atoms with Gasteiger partial charge in [-0.1, -0.05) is 0 Å². The minimum Gasteiger partial charge on any atom is -0.378 e. The summed E-state index contributed by atoms with van der Waals surface area (Å²) in [5.74, 6) is 0.200. The van der Waals surface area contributed by atoms with E-state index in [0.29, 0.717) is 12.5 Å². The van der Waals surface area contributed by atoms with E-state index in [4.69, 9.17) is 10.5 Å². The van der Waals surface area contributed by atoms with E-state index in [2.05, 4.69) is 34.0 Å². The number of nitrogen functional groups attached to an aromatic ring is 1. The van der Waals surface area contributed by atoms with E-state index < -0.39 is 4.92 Å². The number of nitrogens with one attached hydrogen (secondary N) is 1. The molecule has 1 aromatic heterocycles. The lowest BCUT2D eigenvalue weighted by Gasteiger charge is -2.35. The number of nitrogens with two attached hydrogens (primary N) is 1. The van der Waals surface area contributed by atoms with Crippen molar-refractivity contribution in [1.29, 1.82) is 0 Å². The molecule has 0 aliphatic carbocycles. The van der Waals surface area contributed by atoms with Gasteiger partial charge in [0.05, 0.1) is 17.1 Å². The Bertz CT molecular complexity index is 531. The first-order valence-electron chi connectivity index (χ1n) is 7.84. The van der Waals surface area contributed by atoms with Gasteiger partial charge in [0.15, 0.2) is 0 Å². The first-order valence-corrected chi connectivity index (χ1v) is 7.84. The molecule has 0 saturated carbocycles. The Balaban J connectivity index is 1.67. The molecule has 0 radical (unpaired) electrons. The molecule has 2 rings (SSSR count). The Morgan fingerprint density at radius 1 is 1.43 bits per heavy atom. The largest absolute Gasteiger partial charge is 0.378 e. The molecule has 3 N–H and O–H groups in total. The van der Waals surface area contributed by atoms with E-state index in [-0.39, 0.29) is 23.7 Å². The van der Waals surface area contributed by atoms with Gasteiger partial charge in [0.2, 0.25) is 11.8 Å². The van der Waals surface area contributed by atoms with Crippen molar-refractivity contribution < 1.29 is 9.66 Å². The Hall–Kier alpha value is -2.00. The Morgan fingerprint density at radius 2 is 2.13 bits per heavy atom. The van der Waals surface area contributed by atoms with Crippen molar-refractivity contribution in [2.75, 3.05) is 37.2 Å². The van der Waals surface area contributed by atoms with E-state index in [1.807, 2.05) is 0 Å². The topological polar surface area (TPSA) is 119 Å². The van der Waals surface area contributed by atoms with Crippen LogP contribution in [0.1, 0.15) is 26.7 Å². The normalized spacial score (nSPS) is 22.0. The number of aromatic nitrogens is 2. The third-order valence-electron chi connectivity index (χ3n) is 3.67. The van der Waals surface area contributed by atoms with Gasteiger partial charge in [-0.2, -0.15) is 4.98 Å². The molecule has 23 heavy (non-hydrogen) atoms. The van der Waals surface area contributed by atoms with E-state index in [0.717, 1.165) is 38.7 Å². The summed E-state index contributed by atoms with van der Waals surface area (Å²) in [6.45, 7) is 7.87. The van der Waals surface area contributed by atoms with Crippen LogP contribution in [0, 0.1) is 10.1 Å². The zero-order chi connectivity index (χ0) is 16.8. The maximum absolute atomic E-state index is 10.6. The van der Waals surface area contributed by atoms with E-state index >= 15 is 0 Å². The summed E-state index contributed by atoms with van der Waals surface area (Å²) < 4.78 is 5.71. The van der Waals surface area contributed by atoms with Crippen molar-refractivity contribution in [1.82, 2.24) is 14.9 Å². The van der Waals surface area contributed by atoms with Gasteiger partial charge < -0.3 is 15.8 Å². The molecular formula is C14H24N6O3. The van der Waals surface area contributed by atoms with Gasteiger partial charge in [-0.25, -0.2) is 4.98 Å². The monoisotopic (exact) mass is 324 g/mol. The number of anilines is 2. The molecule has 2 heterocycles. The number of nitrogens with zero attached hydrogens (tertiary/aromatic N) is 4. The Kier molecular flexibility index (Phi) is 6.05. The summed E-state index contributed by atoms with van der Waals surface area (Å²) in [4.78, 5) is 20.2. The molecule has 9 nitrogen and oxygen atoms in total. The predicted octanol–water partition coefficient (Wildman–Crippen LogP) is 1.27. The lowest BCUT2D eigenvalue weighted by Crippen LogP contribution is -2.45. The average molecular weight is 324 g/mol. The molecule has 1 aliphatic rings. The predicted molar refractivity (Wildman–Crippen MR) is 87.3 cm³/mol. The van der Waals surface area contributed by atoms with Crippen LogP contribution in [0.25, 0.3) is 0 Å². The van der Waals surface area contributed by atoms with Crippen LogP contribution >= 0.6 is 0 Å². The smallest absolute Gasteiger partial charge is 0.329 e. The number of nitro groups is 1. The van der Waals surface area contributed by atoms with E-state index in [1.54, 1.807) is 0 Å². The zero-order valence-electron chi connectivity index (χ0n) is 13.6. The molecule has 1 aliphatic heterocycles. The van der Waals surface area contributed by atoms with Crippen LogP contribution in [0.3, 0.4) is 0 Å². The summed E-state index contributed by atoms with van der Waals surface area (Å²) in [5.41, 5.74) is 5.25. The summed E-state index contributed by atoms with van der Waals surface area (Å²) in [6, 6.07) is 0. The molecule has 0 bridgehead atoms. The third kappa shape index (κ3) is 5.29. The fourth-order valence-corrected chi connectivity index (χ4v) is 2.74. The van der Waals surface area contributed by atoms with Crippen molar-refractivity contribution in [3.05, 3.63) is 16.3 Å². The van der Waals surface area contributed by atoms with Crippen LogP contribution in [-0.2, 0) is 4.74 Å². The molecule has 0 aromatic carbocycles. The lowest BCUT2D eigenvalue weighted by atomic mass is 10.2. The van der Waals surface area contributed by atoms with E-state index in [1.165, 1.54) is 0 Å². The molecule has 2 atom stereocenters. The minimum absolute atomic E-state index is 0.121. The van der Waals surface area contributed by atoms with Crippen LogP contribution in [-0.4, -0.2) is 58.2 Å². The SMILES string of the molecule is CC1CN(CCCCNc2ncc([N+](=O)[O-])c(N)n2)CC(C)O1. The first-order chi connectivity index (χ1) is 11.0. The van der Waals surface area contributed by atoms with Gasteiger partial charge in [-0.15, -0.1) is 0 Å². The van der Waals surface area contributed by atoms with Crippen LogP contribution < -0.4 is 11.1 Å². The molecule has 1 aromatic rings. The Labute approximate surface area is 135 Å². The third-order valence-corrected chi connectivity index (χ3v) is 3.67. The standard InChI is InChI=1S/C14H24N6O3/c1-10-8-19(9-11(2)23-10)6-4-3-5-16-14-17-7-12(20(21)22)13(15)18-14/h7,10-11H,3-6,8-9H2,1-2H3,(H3,15,16,17,18). The van der Waals surface area contributed by atoms with Crippen molar-refractivity contribution in [2.45, 2.75) is 38.9 Å². The highest BCUT2D eigenvalue weighted by Gasteiger charge is 2.21. The summed E-state index contributed by atoms with van der Waals surface area (Å²) in [6.07, 6.45) is 3.71.